The van der Waals surface area contributed by atoms with Crippen LogP contribution in [0.5, 0.6) is 17.2 Å². The van der Waals surface area contributed by atoms with Crippen LogP contribution >= 0.6 is 11.6 Å². The Labute approximate surface area is 151 Å². The lowest BCUT2D eigenvalue weighted by Gasteiger charge is -2.12. The number of nitrogens with one attached hydrogen (secondary N) is 1. The Bertz CT molecular complexity index is 781. The zero-order valence-electron chi connectivity index (χ0n) is 14.4. The number of halogens is 1. The van der Waals surface area contributed by atoms with E-state index in [1.54, 1.807) is 30.3 Å². The van der Waals surface area contributed by atoms with Gasteiger partial charge >= 0.3 is 0 Å². The molecule has 0 saturated heterocycles. The Morgan fingerprint density at radius 3 is 2.24 bits per heavy atom. The summed E-state index contributed by atoms with van der Waals surface area (Å²) >= 11 is 6.03. The molecule has 0 atom stereocenters. The highest BCUT2D eigenvalue weighted by Gasteiger charge is 2.12. The van der Waals surface area contributed by atoms with E-state index in [-0.39, 0.29) is 5.91 Å². The van der Waals surface area contributed by atoms with Crippen molar-refractivity contribution in [1.29, 1.82) is 0 Å². The Morgan fingerprint density at radius 1 is 1.08 bits per heavy atom. The molecule has 2 aromatic carbocycles. The number of hydrogen-bond acceptors (Lipinski definition) is 5. The molecular formula is C18H19ClN2O4. The first-order chi connectivity index (χ1) is 12.0. The van der Waals surface area contributed by atoms with Crippen LogP contribution in [0.3, 0.4) is 0 Å². The molecule has 0 aliphatic heterocycles. The Kier molecular flexibility index (Phi) is 6.25. The molecule has 0 fully saturated rings. The predicted molar refractivity (Wildman–Crippen MR) is 97.3 cm³/mol. The van der Waals surface area contributed by atoms with Crippen molar-refractivity contribution in [3.8, 4) is 17.2 Å². The molecule has 0 aliphatic carbocycles. The number of carbonyl (C=O) groups is 1. The van der Waals surface area contributed by atoms with Crippen LogP contribution in [0.25, 0.3) is 0 Å². The van der Waals surface area contributed by atoms with Gasteiger partial charge in [0.1, 0.15) is 0 Å². The molecule has 2 aromatic rings. The maximum Gasteiger partial charge on any atom is 0.271 e. The molecule has 2 rings (SSSR count). The van der Waals surface area contributed by atoms with Crippen molar-refractivity contribution in [2.75, 3.05) is 21.3 Å². The van der Waals surface area contributed by atoms with Gasteiger partial charge in [0.15, 0.2) is 11.5 Å². The normalized spacial score (nSPS) is 10.6. The zero-order chi connectivity index (χ0) is 18.4. The van der Waals surface area contributed by atoms with E-state index >= 15 is 0 Å². The molecule has 132 valence electrons. The van der Waals surface area contributed by atoms with Crippen molar-refractivity contribution in [1.82, 2.24) is 5.43 Å². The number of nitrogens with zero attached hydrogens (tertiary/aromatic N) is 1. The highest BCUT2D eigenvalue weighted by Crippen LogP contribution is 2.37. The molecule has 0 heterocycles. The van der Waals surface area contributed by atoms with E-state index in [1.165, 1.54) is 27.5 Å². The number of methoxy groups -OCH3 is 3. The van der Waals surface area contributed by atoms with Gasteiger partial charge in [0.2, 0.25) is 5.75 Å². The van der Waals surface area contributed by atoms with Crippen LogP contribution < -0.4 is 19.6 Å². The highest BCUT2D eigenvalue weighted by atomic mass is 35.5. The van der Waals surface area contributed by atoms with E-state index in [9.17, 15) is 4.79 Å². The van der Waals surface area contributed by atoms with Crippen LogP contribution in [0.1, 0.15) is 21.5 Å². The van der Waals surface area contributed by atoms with Crippen LogP contribution in [-0.2, 0) is 0 Å². The van der Waals surface area contributed by atoms with Gasteiger partial charge in [-0.25, -0.2) is 5.43 Å². The summed E-state index contributed by atoms with van der Waals surface area (Å²) in [6.07, 6.45) is 1.48. The van der Waals surface area contributed by atoms with E-state index in [1.807, 2.05) is 6.92 Å². The van der Waals surface area contributed by atoms with Crippen molar-refractivity contribution in [2.24, 2.45) is 5.10 Å². The smallest absolute Gasteiger partial charge is 0.271 e. The molecule has 0 aliphatic rings. The van der Waals surface area contributed by atoms with Crippen LogP contribution in [0.2, 0.25) is 5.02 Å². The third kappa shape index (κ3) is 4.42. The second kappa shape index (κ2) is 8.39. The van der Waals surface area contributed by atoms with Crippen molar-refractivity contribution in [2.45, 2.75) is 6.92 Å². The van der Waals surface area contributed by atoms with E-state index in [0.717, 1.165) is 5.56 Å². The van der Waals surface area contributed by atoms with Crippen LogP contribution in [-0.4, -0.2) is 33.5 Å². The summed E-state index contributed by atoms with van der Waals surface area (Å²) < 4.78 is 15.8. The summed E-state index contributed by atoms with van der Waals surface area (Å²) in [5, 5.41) is 4.49. The highest BCUT2D eigenvalue weighted by molar-refractivity contribution is 6.31. The fourth-order valence-corrected chi connectivity index (χ4v) is 2.32. The summed E-state index contributed by atoms with van der Waals surface area (Å²) in [7, 11) is 4.59. The predicted octanol–water partition coefficient (Wildman–Crippen LogP) is 3.44. The number of hydrazone groups is 1. The quantitative estimate of drug-likeness (QED) is 0.631. The van der Waals surface area contributed by atoms with Gasteiger partial charge in [-0.05, 0) is 36.8 Å². The Morgan fingerprint density at radius 2 is 1.72 bits per heavy atom. The van der Waals surface area contributed by atoms with Crippen molar-refractivity contribution >= 4 is 23.7 Å². The van der Waals surface area contributed by atoms with Gasteiger partial charge in [-0.15, -0.1) is 0 Å². The fourth-order valence-electron chi connectivity index (χ4n) is 2.14. The number of carbonyl (C=O) groups excluding carboxylic acids is 1. The standard InChI is InChI=1S/C18H19ClN2O4/c1-11-5-6-13(9-14(11)19)18(22)21-20-10-12-7-15(23-2)17(25-4)16(8-12)24-3/h5-10H,1-4H3,(H,21,22)/b20-10+. The van der Waals surface area contributed by atoms with Crippen molar-refractivity contribution in [3.63, 3.8) is 0 Å². The Hall–Kier alpha value is -2.73. The number of amides is 1. The summed E-state index contributed by atoms with van der Waals surface area (Å²) in [6.45, 7) is 1.87. The van der Waals surface area contributed by atoms with E-state index in [4.69, 9.17) is 25.8 Å². The van der Waals surface area contributed by atoms with Gasteiger partial charge in [0.25, 0.3) is 5.91 Å². The minimum absolute atomic E-state index is 0.356. The first-order valence-electron chi connectivity index (χ1n) is 7.39. The average Bonchev–Trinajstić information content (AvgIpc) is 2.62. The first kappa shape index (κ1) is 18.6. The van der Waals surface area contributed by atoms with Gasteiger partial charge in [-0.2, -0.15) is 5.10 Å². The molecule has 0 aromatic heterocycles. The third-order valence-corrected chi connectivity index (χ3v) is 3.91. The lowest BCUT2D eigenvalue weighted by Crippen LogP contribution is -2.17. The monoisotopic (exact) mass is 362 g/mol. The molecule has 1 N–H and O–H groups in total. The summed E-state index contributed by atoms with van der Waals surface area (Å²) in [6, 6.07) is 8.51. The lowest BCUT2D eigenvalue weighted by molar-refractivity contribution is 0.0955. The first-order valence-corrected chi connectivity index (χ1v) is 7.77. The summed E-state index contributed by atoms with van der Waals surface area (Å²) in [4.78, 5) is 12.1. The fraction of sp³-hybridized carbons (Fsp3) is 0.222. The molecule has 25 heavy (non-hydrogen) atoms. The van der Waals surface area contributed by atoms with Gasteiger partial charge in [0.05, 0.1) is 27.5 Å². The number of benzene rings is 2. The topological polar surface area (TPSA) is 69.2 Å². The van der Waals surface area contributed by atoms with Gasteiger partial charge in [-0.1, -0.05) is 17.7 Å². The minimum atomic E-state index is -0.356. The molecule has 6 nitrogen and oxygen atoms in total. The van der Waals surface area contributed by atoms with Crippen molar-refractivity contribution < 1.29 is 19.0 Å². The lowest BCUT2D eigenvalue weighted by atomic mass is 10.1. The molecular weight excluding hydrogens is 344 g/mol. The number of ether oxygens (including phenoxy) is 3. The molecule has 0 saturated carbocycles. The molecule has 0 radical (unpaired) electrons. The molecule has 0 unspecified atom stereocenters. The summed E-state index contributed by atoms with van der Waals surface area (Å²) in [5.74, 6) is 1.13. The van der Waals surface area contributed by atoms with Crippen LogP contribution in [0.4, 0.5) is 0 Å². The molecule has 1 amide bonds. The van der Waals surface area contributed by atoms with E-state index in [0.29, 0.717) is 33.4 Å². The average molecular weight is 363 g/mol. The largest absolute Gasteiger partial charge is 0.493 e. The van der Waals surface area contributed by atoms with Crippen molar-refractivity contribution in [3.05, 3.63) is 52.0 Å². The van der Waals surface area contributed by atoms with Gasteiger partial charge < -0.3 is 14.2 Å². The Balaban J connectivity index is 2.16. The summed E-state index contributed by atoms with van der Waals surface area (Å²) in [5.41, 5.74) is 4.46. The second-order valence-electron chi connectivity index (χ2n) is 5.12. The van der Waals surface area contributed by atoms with Gasteiger partial charge in [-0.3, -0.25) is 4.79 Å². The SMILES string of the molecule is COc1cc(/C=N/NC(=O)c2ccc(C)c(Cl)c2)cc(OC)c1OC. The second-order valence-corrected chi connectivity index (χ2v) is 5.53. The zero-order valence-corrected chi connectivity index (χ0v) is 15.2. The molecule has 0 bridgehead atoms. The van der Waals surface area contributed by atoms with E-state index < -0.39 is 0 Å². The minimum Gasteiger partial charge on any atom is -0.493 e. The molecule has 7 heteroatoms. The third-order valence-electron chi connectivity index (χ3n) is 3.50. The van der Waals surface area contributed by atoms with E-state index in [2.05, 4.69) is 10.5 Å². The maximum absolute atomic E-state index is 12.1. The van der Waals surface area contributed by atoms with Gasteiger partial charge in [0, 0.05) is 16.1 Å². The maximum atomic E-state index is 12.1. The number of aryl methyl sites for hydroxylation is 1. The number of rotatable bonds is 6. The van der Waals surface area contributed by atoms with Crippen LogP contribution in [0, 0.1) is 6.92 Å². The molecule has 0 spiro atoms. The number of hydrogen-bond donors (Lipinski definition) is 1. The van der Waals surface area contributed by atoms with Crippen LogP contribution in [0.15, 0.2) is 35.4 Å².